The number of carbonyl (C=O) groups excluding carboxylic acids is 1. The van der Waals surface area contributed by atoms with Gasteiger partial charge in [-0.25, -0.2) is 0 Å². The largest absolute Gasteiger partial charge is 0.770 e. The first-order chi connectivity index (χ1) is 2.41. The van der Waals surface area contributed by atoms with Crippen molar-refractivity contribution >= 4 is 6.41 Å². The van der Waals surface area contributed by atoms with Crippen LogP contribution in [0.4, 0.5) is 0 Å². The van der Waals surface area contributed by atoms with Crippen LogP contribution in [0.25, 0.3) is 0 Å². The highest BCUT2D eigenvalue weighted by Gasteiger charge is 1.48. The molecule has 0 aliphatic heterocycles. The predicted octanol–water partition coefficient (Wildman–Crippen LogP) is -1.27. The number of hydrogen-bond donors (Lipinski definition) is 2. The summed E-state index contributed by atoms with van der Waals surface area (Å²) >= 11 is 0. The van der Waals surface area contributed by atoms with Crippen LogP contribution in [-0.4, -0.2) is 6.41 Å². The third-order valence-electron chi connectivity index (χ3n) is 0.118. The molecule has 0 heterocycles. The smallest absolute Gasteiger partial charge is 0.220 e. The molecule has 0 aromatic heterocycles. The van der Waals surface area contributed by atoms with Crippen molar-refractivity contribution in [1.29, 1.82) is 0 Å². The average Bonchev–Trinajstić information content (AvgIpc) is 1.41. The molecule has 0 aromatic rings. The summed E-state index contributed by atoms with van der Waals surface area (Å²) in [6, 6.07) is 0. The van der Waals surface area contributed by atoms with Gasteiger partial charge in [0.1, 0.15) is 0 Å². The number of carbonyl (C=O) groups is 1. The van der Waals surface area contributed by atoms with Gasteiger partial charge in [0.05, 0.1) is 0 Å². The van der Waals surface area contributed by atoms with Gasteiger partial charge in [0.15, 0.2) is 0 Å². The van der Waals surface area contributed by atoms with Crippen molar-refractivity contribution in [2.24, 2.45) is 0 Å². The van der Waals surface area contributed by atoms with Crippen molar-refractivity contribution in [3.8, 4) is 0 Å². The van der Waals surface area contributed by atoms with E-state index in [2.05, 4.69) is 0 Å². The van der Waals surface area contributed by atoms with E-state index in [1.54, 1.807) is 5.43 Å². The highest BCUT2D eigenvalue weighted by molar-refractivity contribution is 5.44. The number of hydrogen-bond acceptors (Lipinski definition) is 3. The number of rotatable bonds is 2. The highest BCUT2D eigenvalue weighted by atomic mass is 16.5. The van der Waals surface area contributed by atoms with Crippen LogP contribution >= 0.6 is 0 Å². The molecule has 4 nitrogen and oxygen atoms in total. The summed E-state index contributed by atoms with van der Waals surface area (Å²) in [5.74, 6) is 0. The predicted molar refractivity (Wildman–Crippen MR) is 15.7 cm³/mol. The van der Waals surface area contributed by atoms with Gasteiger partial charge in [0.2, 0.25) is 6.41 Å². The molecule has 0 aromatic carbocycles. The van der Waals surface area contributed by atoms with Crippen LogP contribution in [0.3, 0.4) is 0 Å². The Bertz CT molecular complexity index is 28.8. The Hall–Kier alpha value is -0.610. The molecule has 0 atom stereocenters. The van der Waals surface area contributed by atoms with Crippen molar-refractivity contribution in [3.63, 3.8) is 0 Å². The Morgan fingerprint density at radius 3 is 2.40 bits per heavy atom. The molecule has 4 heteroatoms. The summed E-state index contributed by atoms with van der Waals surface area (Å²) in [4.78, 5) is 9.03. The zero-order chi connectivity index (χ0) is 4.12. The first-order valence-corrected chi connectivity index (χ1v) is 0.979. The SMILES string of the molecule is O=CNN[O-]. The van der Waals surface area contributed by atoms with Crippen LogP contribution in [0.15, 0.2) is 0 Å². The summed E-state index contributed by atoms with van der Waals surface area (Å²) in [7, 11) is 0. The fourth-order valence-corrected chi connectivity index (χ4v) is 0.0241. The first-order valence-electron chi connectivity index (χ1n) is 0.979. The summed E-state index contributed by atoms with van der Waals surface area (Å²) in [5.41, 5.74) is 2.77. The van der Waals surface area contributed by atoms with Crippen molar-refractivity contribution in [1.82, 2.24) is 11.0 Å². The standard InChI is InChI=1S/CH3N2O2/c4-1-2-3-5/h1,3H,(H,2,4)/q-1. The van der Waals surface area contributed by atoms with Crippen molar-refractivity contribution < 1.29 is 4.79 Å². The van der Waals surface area contributed by atoms with E-state index < -0.39 is 0 Å². The topological polar surface area (TPSA) is 64.2 Å². The van der Waals surface area contributed by atoms with Gasteiger partial charge in [-0.15, -0.1) is 0 Å². The molecular formula is CH3N2O2-. The van der Waals surface area contributed by atoms with Gasteiger partial charge >= 0.3 is 0 Å². The minimum atomic E-state index is 0.257. The molecule has 0 saturated carbocycles. The molecule has 0 radical (unpaired) electrons. The Balaban J connectivity index is 2.40. The van der Waals surface area contributed by atoms with E-state index in [0.717, 1.165) is 5.59 Å². The lowest BCUT2D eigenvalue weighted by molar-refractivity contribution is -0.110. The number of nitrogens with one attached hydrogen (secondary N) is 2. The van der Waals surface area contributed by atoms with E-state index in [1.165, 1.54) is 0 Å². The molecule has 0 fully saturated rings. The summed E-state index contributed by atoms with van der Waals surface area (Å²) < 4.78 is 0. The molecule has 0 saturated heterocycles. The second-order valence-electron chi connectivity index (χ2n) is 0.364. The van der Waals surface area contributed by atoms with Gasteiger partial charge in [0, 0.05) is 0 Å². The monoisotopic (exact) mass is 75.0 g/mol. The van der Waals surface area contributed by atoms with Crippen LogP contribution in [0.5, 0.6) is 0 Å². The van der Waals surface area contributed by atoms with E-state index >= 15 is 0 Å². The van der Waals surface area contributed by atoms with Gasteiger partial charge in [-0.1, -0.05) is 0 Å². The van der Waals surface area contributed by atoms with E-state index in [1.807, 2.05) is 0 Å². The molecule has 2 N–H and O–H groups in total. The molecule has 0 bridgehead atoms. The third-order valence-corrected chi connectivity index (χ3v) is 0.118. The fourth-order valence-electron chi connectivity index (χ4n) is 0.0241. The van der Waals surface area contributed by atoms with E-state index in [-0.39, 0.29) is 6.41 Å². The minimum Gasteiger partial charge on any atom is -0.770 e. The molecule has 0 aliphatic rings. The summed E-state index contributed by atoms with van der Waals surface area (Å²) in [6.45, 7) is 0. The van der Waals surface area contributed by atoms with Gasteiger partial charge in [0.25, 0.3) is 0 Å². The fraction of sp³-hybridized carbons (Fsp3) is 0. The second kappa shape index (κ2) is 3.39. The highest BCUT2D eigenvalue weighted by Crippen LogP contribution is 1.19. The minimum absolute atomic E-state index is 0.257. The second-order valence-corrected chi connectivity index (χ2v) is 0.364. The van der Waals surface area contributed by atoms with Crippen LogP contribution < -0.4 is 11.0 Å². The Labute approximate surface area is 28.7 Å². The third kappa shape index (κ3) is 3.39. The quantitative estimate of drug-likeness (QED) is 0.318. The Morgan fingerprint density at radius 1 is 1.80 bits per heavy atom. The maximum Gasteiger partial charge on any atom is 0.220 e. The van der Waals surface area contributed by atoms with Crippen LogP contribution in [0.1, 0.15) is 0 Å². The zero-order valence-electron chi connectivity index (χ0n) is 2.39. The maximum absolute atomic E-state index is 9.03. The summed E-state index contributed by atoms with van der Waals surface area (Å²) in [5, 5.41) is 8.94. The summed E-state index contributed by atoms with van der Waals surface area (Å²) in [6.07, 6.45) is 0.257. The molecule has 0 unspecified atom stereocenters. The van der Waals surface area contributed by atoms with E-state index in [9.17, 15) is 0 Å². The Morgan fingerprint density at radius 2 is 2.40 bits per heavy atom. The van der Waals surface area contributed by atoms with Crippen molar-refractivity contribution in [2.75, 3.05) is 0 Å². The lowest BCUT2D eigenvalue weighted by Crippen LogP contribution is -2.23. The van der Waals surface area contributed by atoms with Gasteiger partial charge in [-0.3, -0.25) is 4.79 Å². The number of amides is 1. The van der Waals surface area contributed by atoms with Crippen molar-refractivity contribution in [2.45, 2.75) is 0 Å². The molecule has 1 amide bonds. The Kier molecular flexibility index (Phi) is 2.98. The van der Waals surface area contributed by atoms with Gasteiger partial charge < -0.3 is 16.2 Å². The van der Waals surface area contributed by atoms with Crippen LogP contribution in [0, 0.1) is 5.21 Å². The maximum atomic E-state index is 9.03. The zero-order valence-corrected chi connectivity index (χ0v) is 2.39. The molecule has 30 valence electrons. The van der Waals surface area contributed by atoms with Gasteiger partial charge in [-0.2, -0.15) is 0 Å². The average molecular weight is 75.0 g/mol. The molecule has 0 aliphatic carbocycles. The molecule has 0 rings (SSSR count). The van der Waals surface area contributed by atoms with Crippen molar-refractivity contribution in [3.05, 3.63) is 5.21 Å². The lowest BCUT2D eigenvalue weighted by atomic mass is 11.4. The van der Waals surface area contributed by atoms with Crippen LogP contribution in [-0.2, 0) is 4.79 Å². The van der Waals surface area contributed by atoms with Gasteiger partial charge in [-0.05, 0) is 0 Å². The molecule has 5 heavy (non-hydrogen) atoms. The normalized spacial score (nSPS) is 6.60. The van der Waals surface area contributed by atoms with E-state index in [4.69, 9.17) is 10.0 Å². The van der Waals surface area contributed by atoms with E-state index in [0.29, 0.717) is 0 Å². The van der Waals surface area contributed by atoms with Crippen LogP contribution in [0.2, 0.25) is 0 Å². The number of hydrazine groups is 1. The molecule has 0 spiro atoms. The lowest BCUT2D eigenvalue weighted by Gasteiger charge is -1.99. The first kappa shape index (κ1) is 4.39. The molecular weight excluding hydrogens is 72.0 g/mol.